The molecule has 0 heterocycles. The Labute approximate surface area is 79.0 Å². The van der Waals surface area contributed by atoms with Gasteiger partial charge in [0.1, 0.15) is 6.54 Å². The molecule has 4 heteroatoms. The molecule has 0 rings (SSSR count). The Hall–Kier alpha value is -0.870. The fraction of sp³-hybridized carbons (Fsp3) is 0.667. The normalized spacial score (nSPS) is 11.1. The summed E-state index contributed by atoms with van der Waals surface area (Å²) in [7, 11) is 3.33. The zero-order chi connectivity index (χ0) is 10.5. The van der Waals surface area contributed by atoms with E-state index in [9.17, 15) is 10.0 Å². The molecule has 0 saturated heterocycles. The molecule has 0 aliphatic carbocycles. The van der Waals surface area contributed by atoms with Gasteiger partial charge >= 0.3 is 5.97 Å². The summed E-state index contributed by atoms with van der Waals surface area (Å²) in [6, 6.07) is 0. The fourth-order valence-corrected chi connectivity index (χ4v) is 0.740. The third kappa shape index (κ3) is 7.49. The standard InChI is InChI=1S/C9H18NO3/c1-8(2)9(11)13-7-5-6-10(3,4)12/h12H,1,5-7H2,2-4H3/q+1. The van der Waals surface area contributed by atoms with Crippen LogP contribution in [0.3, 0.4) is 0 Å². The number of hydrogen-bond acceptors (Lipinski definition) is 3. The minimum Gasteiger partial charge on any atom is -0.462 e. The zero-order valence-corrected chi connectivity index (χ0v) is 8.54. The summed E-state index contributed by atoms with van der Waals surface area (Å²) in [4.78, 5) is 10.9. The van der Waals surface area contributed by atoms with Crippen molar-refractivity contribution in [3.8, 4) is 0 Å². The highest BCUT2D eigenvalue weighted by molar-refractivity contribution is 5.86. The van der Waals surface area contributed by atoms with E-state index in [1.807, 2.05) is 0 Å². The zero-order valence-electron chi connectivity index (χ0n) is 8.54. The molecule has 1 N–H and O–H groups in total. The quantitative estimate of drug-likeness (QED) is 0.230. The maximum absolute atomic E-state index is 10.9. The predicted octanol–water partition coefficient (Wildman–Crippen LogP) is 0.961. The first-order valence-corrected chi connectivity index (χ1v) is 4.21. The van der Waals surface area contributed by atoms with Crippen LogP contribution in [0, 0.1) is 0 Å². The maximum atomic E-state index is 10.9. The lowest BCUT2D eigenvalue weighted by Gasteiger charge is -2.18. The van der Waals surface area contributed by atoms with Crippen LogP contribution in [0.5, 0.6) is 0 Å². The van der Waals surface area contributed by atoms with Crippen LogP contribution in [-0.4, -0.2) is 43.1 Å². The third-order valence-electron chi connectivity index (χ3n) is 1.43. The molecule has 0 radical (unpaired) electrons. The monoisotopic (exact) mass is 188 g/mol. The number of esters is 1. The van der Waals surface area contributed by atoms with Crippen molar-refractivity contribution in [1.29, 1.82) is 0 Å². The first-order chi connectivity index (χ1) is 5.83. The van der Waals surface area contributed by atoms with Crippen molar-refractivity contribution in [2.75, 3.05) is 27.2 Å². The Morgan fingerprint density at radius 1 is 1.54 bits per heavy atom. The molecular weight excluding hydrogens is 170 g/mol. The Bertz CT molecular complexity index is 194. The van der Waals surface area contributed by atoms with E-state index in [1.54, 1.807) is 21.0 Å². The van der Waals surface area contributed by atoms with Gasteiger partial charge in [-0.2, -0.15) is 4.65 Å². The number of ether oxygens (including phenoxy) is 1. The summed E-state index contributed by atoms with van der Waals surface area (Å²) in [5.74, 6) is -0.372. The van der Waals surface area contributed by atoms with Gasteiger partial charge in [-0.25, -0.2) is 10.0 Å². The average molecular weight is 188 g/mol. The lowest BCUT2D eigenvalue weighted by molar-refractivity contribution is -1.07. The van der Waals surface area contributed by atoms with Crippen LogP contribution in [0.2, 0.25) is 0 Å². The van der Waals surface area contributed by atoms with Gasteiger partial charge in [0.2, 0.25) is 0 Å². The van der Waals surface area contributed by atoms with E-state index in [0.29, 0.717) is 25.1 Å². The van der Waals surface area contributed by atoms with E-state index in [0.717, 1.165) is 0 Å². The second-order valence-electron chi connectivity index (χ2n) is 3.61. The third-order valence-corrected chi connectivity index (χ3v) is 1.43. The number of hydroxylamine groups is 3. The molecule has 0 aromatic rings. The summed E-state index contributed by atoms with van der Waals surface area (Å²) < 4.78 is 4.73. The highest BCUT2D eigenvalue weighted by atomic mass is 16.5. The number of nitrogens with zero attached hydrogens (tertiary/aromatic N) is 1. The van der Waals surface area contributed by atoms with Gasteiger partial charge in [-0.3, -0.25) is 0 Å². The van der Waals surface area contributed by atoms with E-state index >= 15 is 0 Å². The summed E-state index contributed by atoms with van der Waals surface area (Å²) >= 11 is 0. The Morgan fingerprint density at radius 2 is 2.08 bits per heavy atom. The smallest absolute Gasteiger partial charge is 0.333 e. The van der Waals surface area contributed by atoms with Crippen molar-refractivity contribution in [3.63, 3.8) is 0 Å². The summed E-state index contributed by atoms with van der Waals surface area (Å²) in [5, 5.41) is 9.27. The van der Waals surface area contributed by atoms with Gasteiger partial charge in [-0.1, -0.05) is 6.58 Å². The molecule has 0 spiro atoms. The largest absolute Gasteiger partial charge is 0.462 e. The molecule has 0 amide bonds. The van der Waals surface area contributed by atoms with Crippen LogP contribution in [0.25, 0.3) is 0 Å². The van der Waals surface area contributed by atoms with Gasteiger partial charge in [0.15, 0.2) is 0 Å². The number of hydrogen-bond donors (Lipinski definition) is 1. The summed E-state index contributed by atoms with van der Waals surface area (Å²) in [6.07, 6.45) is 0.641. The van der Waals surface area contributed by atoms with Gasteiger partial charge in [-0.15, -0.1) is 0 Å². The lowest BCUT2D eigenvalue weighted by atomic mass is 10.3. The molecule has 13 heavy (non-hydrogen) atoms. The van der Waals surface area contributed by atoms with Crippen LogP contribution >= 0.6 is 0 Å². The summed E-state index contributed by atoms with van der Waals surface area (Å²) in [6.45, 7) is 5.95. The molecule has 0 aliphatic heterocycles. The Morgan fingerprint density at radius 3 is 2.46 bits per heavy atom. The Kier molecular flexibility index (Phi) is 4.66. The van der Waals surface area contributed by atoms with Gasteiger partial charge in [0.05, 0.1) is 20.7 Å². The van der Waals surface area contributed by atoms with Crippen molar-refractivity contribution in [1.82, 2.24) is 0 Å². The van der Waals surface area contributed by atoms with Crippen LogP contribution in [-0.2, 0) is 9.53 Å². The second-order valence-corrected chi connectivity index (χ2v) is 3.61. The molecule has 0 saturated carbocycles. The van der Waals surface area contributed by atoms with Gasteiger partial charge in [0.25, 0.3) is 0 Å². The molecule has 0 aromatic heterocycles. The van der Waals surface area contributed by atoms with Crippen molar-refractivity contribution in [3.05, 3.63) is 12.2 Å². The fourth-order valence-electron chi connectivity index (χ4n) is 0.740. The number of quaternary nitrogens is 1. The minimum atomic E-state index is -0.372. The molecule has 0 atom stereocenters. The molecule has 0 bridgehead atoms. The highest BCUT2D eigenvalue weighted by Crippen LogP contribution is 1.96. The predicted molar refractivity (Wildman–Crippen MR) is 49.2 cm³/mol. The van der Waals surface area contributed by atoms with E-state index in [-0.39, 0.29) is 10.6 Å². The van der Waals surface area contributed by atoms with Crippen LogP contribution < -0.4 is 0 Å². The van der Waals surface area contributed by atoms with Gasteiger partial charge in [-0.05, 0) is 6.92 Å². The van der Waals surface area contributed by atoms with Crippen molar-refractivity contribution < 1.29 is 19.4 Å². The van der Waals surface area contributed by atoms with Crippen LogP contribution in [0.15, 0.2) is 12.2 Å². The molecule has 76 valence electrons. The van der Waals surface area contributed by atoms with Gasteiger partial charge < -0.3 is 4.74 Å². The Balaban J connectivity index is 3.47. The average Bonchev–Trinajstić information content (AvgIpc) is 1.95. The topological polar surface area (TPSA) is 46.5 Å². The summed E-state index contributed by atoms with van der Waals surface area (Å²) in [5.41, 5.74) is 0.401. The molecule has 0 aromatic carbocycles. The van der Waals surface area contributed by atoms with Crippen LogP contribution in [0.4, 0.5) is 0 Å². The highest BCUT2D eigenvalue weighted by Gasteiger charge is 2.10. The van der Waals surface area contributed by atoms with Crippen molar-refractivity contribution >= 4 is 5.97 Å². The molecular formula is C9H18NO3+. The van der Waals surface area contributed by atoms with Crippen molar-refractivity contribution in [2.45, 2.75) is 13.3 Å². The minimum absolute atomic E-state index is 0.107. The first-order valence-electron chi connectivity index (χ1n) is 4.21. The molecule has 0 unspecified atom stereocenters. The van der Waals surface area contributed by atoms with E-state index in [4.69, 9.17) is 4.74 Å². The molecule has 0 fully saturated rings. The number of carbonyl (C=O) groups excluding carboxylic acids is 1. The van der Waals surface area contributed by atoms with Crippen molar-refractivity contribution in [2.24, 2.45) is 0 Å². The number of rotatable bonds is 5. The van der Waals surface area contributed by atoms with E-state index in [1.165, 1.54) is 0 Å². The lowest BCUT2D eigenvalue weighted by Crippen LogP contribution is -2.36. The first kappa shape index (κ1) is 12.1. The maximum Gasteiger partial charge on any atom is 0.333 e. The SMILES string of the molecule is C=C(C)C(=O)OCCC[N+](C)(C)O. The van der Waals surface area contributed by atoms with E-state index in [2.05, 4.69) is 6.58 Å². The number of carbonyl (C=O) groups is 1. The second kappa shape index (κ2) is 4.99. The van der Waals surface area contributed by atoms with Crippen LogP contribution in [0.1, 0.15) is 13.3 Å². The molecule has 4 nitrogen and oxygen atoms in total. The van der Waals surface area contributed by atoms with Gasteiger partial charge in [0, 0.05) is 12.0 Å². The van der Waals surface area contributed by atoms with E-state index < -0.39 is 0 Å². The molecule has 0 aliphatic rings.